The van der Waals surface area contributed by atoms with Gasteiger partial charge in [0, 0.05) is 25.9 Å². The van der Waals surface area contributed by atoms with E-state index < -0.39 is 0 Å². The van der Waals surface area contributed by atoms with Gasteiger partial charge in [-0.05, 0) is 18.3 Å². The average molecular weight is 180 g/mol. The molecular formula is C10H16N2O. The van der Waals surface area contributed by atoms with Gasteiger partial charge in [-0.25, -0.2) is 4.98 Å². The average Bonchev–Trinajstić information content (AvgIpc) is 2.72. The van der Waals surface area contributed by atoms with Crippen molar-refractivity contribution in [1.82, 2.24) is 9.55 Å². The van der Waals surface area contributed by atoms with Gasteiger partial charge in [0.2, 0.25) is 0 Å². The number of nitrogens with zero attached hydrogens (tertiary/aromatic N) is 2. The van der Waals surface area contributed by atoms with E-state index in [1.807, 2.05) is 17.8 Å². The SMILES string of the molecule is Cn1ccnc1CC(O)C1(C)CC1. The van der Waals surface area contributed by atoms with Crippen molar-refractivity contribution < 1.29 is 5.11 Å². The zero-order chi connectivity index (χ0) is 9.47. The van der Waals surface area contributed by atoms with E-state index in [9.17, 15) is 5.11 Å². The van der Waals surface area contributed by atoms with Crippen LogP contribution >= 0.6 is 0 Å². The highest BCUT2D eigenvalue weighted by atomic mass is 16.3. The monoisotopic (exact) mass is 180 g/mol. The minimum absolute atomic E-state index is 0.173. The maximum atomic E-state index is 9.89. The first-order chi connectivity index (χ1) is 6.12. The summed E-state index contributed by atoms with van der Waals surface area (Å²) in [6.45, 7) is 2.14. The predicted molar refractivity (Wildman–Crippen MR) is 50.3 cm³/mol. The normalized spacial score (nSPS) is 21.5. The number of hydrogen-bond acceptors (Lipinski definition) is 2. The van der Waals surface area contributed by atoms with Crippen LogP contribution in [0.25, 0.3) is 0 Å². The summed E-state index contributed by atoms with van der Waals surface area (Å²) in [6.07, 6.45) is 6.44. The summed E-state index contributed by atoms with van der Waals surface area (Å²) in [6, 6.07) is 0. The van der Waals surface area contributed by atoms with Gasteiger partial charge in [-0.1, -0.05) is 6.92 Å². The van der Waals surface area contributed by atoms with Crippen molar-refractivity contribution in [3.8, 4) is 0 Å². The van der Waals surface area contributed by atoms with Gasteiger partial charge in [0.1, 0.15) is 5.82 Å². The summed E-state index contributed by atoms with van der Waals surface area (Å²) in [7, 11) is 1.96. The van der Waals surface area contributed by atoms with Gasteiger partial charge in [-0.3, -0.25) is 0 Å². The molecule has 1 heterocycles. The second kappa shape index (κ2) is 2.84. The molecule has 0 spiro atoms. The number of imidazole rings is 1. The number of aliphatic hydroxyl groups excluding tert-OH is 1. The molecule has 3 heteroatoms. The van der Waals surface area contributed by atoms with E-state index >= 15 is 0 Å². The molecule has 1 aromatic rings. The fourth-order valence-electron chi connectivity index (χ4n) is 1.54. The minimum Gasteiger partial charge on any atom is -0.392 e. The van der Waals surface area contributed by atoms with Crippen LogP contribution in [0.4, 0.5) is 0 Å². The zero-order valence-corrected chi connectivity index (χ0v) is 8.20. The summed E-state index contributed by atoms with van der Waals surface area (Å²) in [5, 5.41) is 9.89. The molecule has 1 atom stereocenters. The topological polar surface area (TPSA) is 38.0 Å². The van der Waals surface area contributed by atoms with Crippen LogP contribution in [0, 0.1) is 5.41 Å². The van der Waals surface area contributed by atoms with Gasteiger partial charge in [0.15, 0.2) is 0 Å². The van der Waals surface area contributed by atoms with E-state index in [0.717, 1.165) is 18.7 Å². The lowest BCUT2D eigenvalue weighted by Crippen LogP contribution is -2.23. The Labute approximate surface area is 78.4 Å². The lowest BCUT2D eigenvalue weighted by Gasteiger charge is -2.16. The molecule has 1 aliphatic carbocycles. The summed E-state index contributed by atoms with van der Waals surface area (Å²) in [4.78, 5) is 4.20. The fourth-order valence-corrected chi connectivity index (χ4v) is 1.54. The second-order valence-corrected chi connectivity index (χ2v) is 4.33. The van der Waals surface area contributed by atoms with E-state index in [0.29, 0.717) is 6.42 Å². The Kier molecular flexibility index (Phi) is 1.91. The molecule has 1 unspecified atom stereocenters. The van der Waals surface area contributed by atoms with Crippen molar-refractivity contribution in [2.24, 2.45) is 12.5 Å². The maximum absolute atomic E-state index is 9.89. The molecule has 0 bridgehead atoms. The molecule has 2 rings (SSSR count). The number of rotatable bonds is 3. The van der Waals surface area contributed by atoms with Crippen molar-refractivity contribution in [1.29, 1.82) is 0 Å². The smallest absolute Gasteiger partial charge is 0.110 e. The van der Waals surface area contributed by atoms with E-state index in [1.165, 1.54) is 0 Å². The molecule has 0 radical (unpaired) electrons. The lowest BCUT2D eigenvalue weighted by atomic mass is 9.99. The van der Waals surface area contributed by atoms with Crippen molar-refractivity contribution in [2.45, 2.75) is 32.3 Å². The van der Waals surface area contributed by atoms with Crippen LogP contribution in [0.3, 0.4) is 0 Å². The molecule has 13 heavy (non-hydrogen) atoms. The van der Waals surface area contributed by atoms with E-state index in [2.05, 4.69) is 11.9 Å². The molecule has 1 saturated carbocycles. The van der Waals surface area contributed by atoms with Crippen molar-refractivity contribution >= 4 is 0 Å². The fraction of sp³-hybridized carbons (Fsp3) is 0.700. The highest BCUT2D eigenvalue weighted by molar-refractivity contribution is 5.01. The third-order valence-corrected chi connectivity index (χ3v) is 3.14. The summed E-state index contributed by atoms with van der Waals surface area (Å²) in [5.41, 5.74) is 0.173. The Hall–Kier alpha value is -0.830. The summed E-state index contributed by atoms with van der Waals surface area (Å²) >= 11 is 0. The van der Waals surface area contributed by atoms with Crippen molar-refractivity contribution in [3.05, 3.63) is 18.2 Å². The number of aryl methyl sites for hydroxylation is 1. The molecule has 1 N–H and O–H groups in total. The molecule has 1 aliphatic rings. The Morgan fingerprint density at radius 3 is 2.85 bits per heavy atom. The van der Waals surface area contributed by atoms with Gasteiger partial charge in [0.05, 0.1) is 6.10 Å². The third-order valence-electron chi connectivity index (χ3n) is 3.14. The quantitative estimate of drug-likeness (QED) is 0.757. The molecule has 3 nitrogen and oxygen atoms in total. The molecule has 0 aliphatic heterocycles. The Morgan fingerprint density at radius 1 is 1.69 bits per heavy atom. The Bertz CT molecular complexity index is 302. The third kappa shape index (κ3) is 1.61. The van der Waals surface area contributed by atoms with Gasteiger partial charge in [-0.15, -0.1) is 0 Å². The van der Waals surface area contributed by atoms with E-state index in [-0.39, 0.29) is 11.5 Å². The van der Waals surface area contributed by atoms with Crippen molar-refractivity contribution in [3.63, 3.8) is 0 Å². The largest absolute Gasteiger partial charge is 0.392 e. The maximum Gasteiger partial charge on any atom is 0.110 e. The minimum atomic E-state index is -0.228. The van der Waals surface area contributed by atoms with Crippen LogP contribution in [-0.4, -0.2) is 20.8 Å². The van der Waals surface area contributed by atoms with Gasteiger partial charge in [0.25, 0.3) is 0 Å². The predicted octanol–water partition coefficient (Wildman–Crippen LogP) is 1.12. The molecule has 0 saturated heterocycles. The Morgan fingerprint density at radius 2 is 2.38 bits per heavy atom. The lowest BCUT2D eigenvalue weighted by molar-refractivity contribution is 0.100. The molecule has 0 aromatic carbocycles. The highest BCUT2D eigenvalue weighted by Crippen LogP contribution is 2.48. The first-order valence-electron chi connectivity index (χ1n) is 4.76. The van der Waals surface area contributed by atoms with Gasteiger partial charge >= 0.3 is 0 Å². The highest BCUT2D eigenvalue weighted by Gasteiger charge is 2.44. The van der Waals surface area contributed by atoms with Crippen LogP contribution in [0.15, 0.2) is 12.4 Å². The van der Waals surface area contributed by atoms with Crippen LogP contribution < -0.4 is 0 Å². The van der Waals surface area contributed by atoms with Crippen LogP contribution in [0.5, 0.6) is 0 Å². The first-order valence-corrected chi connectivity index (χ1v) is 4.76. The van der Waals surface area contributed by atoms with Crippen LogP contribution in [0.2, 0.25) is 0 Å². The van der Waals surface area contributed by atoms with E-state index in [1.54, 1.807) is 6.20 Å². The summed E-state index contributed by atoms with van der Waals surface area (Å²) < 4.78 is 1.97. The second-order valence-electron chi connectivity index (χ2n) is 4.33. The molecule has 1 fully saturated rings. The molecule has 72 valence electrons. The van der Waals surface area contributed by atoms with Crippen LogP contribution in [0.1, 0.15) is 25.6 Å². The van der Waals surface area contributed by atoms with Gasteiger partial charge in [-0.2, -0.15) is 0 Å². The number of hydrogen-bond donors (Lipinski definition) is 1. The van der Waals surface area contributed by atoms with Crippen LogP contribution in [-0.2, 0) is 13.5 Å². The zero-order valence-electron chi connectivity index (χ0n) is 8.20. The van der Waals surface area contributed by atoms with E-state index in [4.69, 9.17) is 0 Å². The molecule has 0 amide bonds. The first kappa shape index (κ1) is 8.75. The number of aliphatic hydroxyl groups is 1. The van der Waals surface area contributed by atoms with Crippen molar-refractivity contribution in [2.75, 3.05) is 0 Å². The number of aromatic nitrogens is 2. The molecule has 1 aromatic heterocycles. The standard InChI is InChI=1S/C10H16N2O/c1-10(3-4-10)8(13)7-9-11-5-6-12(9)2/h5-6,8,13H,3-4,7H2,1-2H3. The summed E-state index contributed by atoms with van der Waals surface area (Å²) in [5.74, 6) is 0.973. The van der Waals surface area contributed by atoms with Gasteiger partial charge < -0.3 is 9.67 Å². The molecular weight excluding hydrogens is 164 g/mol. The Balaban J connectivity index is 2.02.